The Morgan fingerprint density at radius 2 is 1.88 bits per heavy atom. The average Bonchev–Trinajstić information content (AvgIpc) is 2.21. The quantitative estimate of drug-likeness (QED) is 0.745. The minimum absolute atomic E-state index is 0.122. The van der Waals surface area contributed by atoms with Crippen molar-refractivity contribution in [3.8, 4) is 0 Å². The standard InChI is InChI=1S/C12H11BrClNO2/c1-7-4-11(16)15(12(17)5-7)8-2-3-9(13)10(14)6-8/h2-3,6-7H,4-5H2,1H3. The van der Waals surface area contributed by atoms with Crippen LogP contribution in [0.4, 0.5) is 5.69 Å². The first kappa shape index (κ1) is 12.6. The van der Waals surface area contributed by atoms with E-state index in [0.29, 0.717) is 23.6 Å². The van der Waals surface area contributed by atoms with E-state index in [-0.39, 0.29) is 17.7 Å². The summed E-state index contributed by atoms with van der Waals surface area (Å²) >= 11 is 9.23. The largest absolute Gasteiger partial charge is 0.274 e. The van der Waals surface area contributed by atoms with Crippen molar-refractivity contribution in [2.75, 3.05) is 4.90 Å². The second-order valence-electron chi connectivity index (χ2n) is 4.23. The predicted molar refractivity (Wildman–Crippen MR) is 70.0 cm³/mol. The lowest BCUT2D eigenvalue weighted by molar-refractivity contribution is -0.130. The van der Waals surface area contributed by atoms with Crippen molar-refractivity contribution in [1.82, 2.24) is 0 Å². The van der Waals surface area contributed by atoms with Crippen LogP contribution < -0.4 is 4.90 Å². The Morgan fingerprint density at radius 1 is 1.29 bits per heavy atom. The van der Waals surface area contributed by atoms with Gasteiger partial charge in [0.1, 0.15) is 0 Å². The van der Waals surface area contributed by atoms with Gasteiger partial charge in [-0.2, -0.15) is 0 Å². The van der Waals surface area contributed by atoms with Crippen LogP contribution in [-0.2, 0) is 9.59 Å². The van der Waals surface area contributed by atoms with Crippen LogP contribution in [0.1, 0.15) is 19.8 Å². The van der Waals surface area contributed by atoms with E-state index in [1.165, 1.54) is 4.90 Å². The summed E-state index contributed by atoms with van der Waals surface area (Å²) in [5.74, 6) is -0.198. The zero-order valence-electron chi connectivity index (χ0n) is 9.24. The zero-order valence-corrected chi connectivity index (χ0v) is 11.6. The number of halogens is 2. The van der Waals surface area contributed by atoms with Gasteiger partial charge in [-0.15, -0.1) is 0 Å². The average molecular weight is 317 g/mol. The van der Waals surface area contributed by atoms with E-state index >= 15 is 0 Å². The third-order valence-electron chi connectivity index (χ3n) is 2.71. The molecule has 3 nitrogen and oxygen atoms in total. The highest BCUT2D eigenvalue weighted by molar-refractivity contribution is 9.10. The molecular weight excluding hydrogens is 305 g/mol. The van der Waals surface area contributed by atoms with Crippen molar-refractivity contribution in [3.63, 3.8) is 0 Å². The molecule has 1 heterocycles. The first-order valence-electron chi connectivity index (χ1n) is 5.30. The van der Waals surface area contributed by atoms with E-state index < -0.39 is 0 Å². The van der Waals surface area contributed by atoms with Gasteiger partial charge in [-0.25, -0.2) is 0 Å². The fraction of sp³-hybridized carbons (Fsp3) is 0.333. The molecule has 1 aromatic carbocycles. The molecule has 0 saturated carbocycles. The van der Waals surface area contributed by atoms with Gasteiger partial charge in [0.05, 0.1) is 10.7 Å². The number of rotatable bonds is 1. The molecule has 1 saturated heterocycles. The van der Waals surface area contributed by atoms with Crippen molar-refractivity contribution >= 4 is 45.0 Å². The molecule has 5 heteroatoms. The van der Waals surface area contributed by atoms with Crippen molar-refractivity contribution in [2.45, 2.75) is 19.8 Å². The normalized spacial score (nSPS) is 17.7. The molecular formula is C12H11BrClNO2. The number of hydrogen-bond donors (Lipinski definition) is 0. The third-order valence-corrected chi connectivity index (χ3v) is 3.94. The van der Waals surface area contributed by atoms with Crippen LogP contribution in [0.2, 0.25) is 5.02 Å². The molecule has 2 rings (SSSR count). The van der Waals surface area contributed by atoms with Crippen LogP contribution in [0.3, 0.4) is 0 Å². The van der Waals surface area contributed by atoms with E-state index in [1.54, 1.807) is 18.2 Å². The number of amides is 2. The molecule has 0 N–H and O–H groups in total. The molecule has 0 atom stereocenters. The van der Waals surface area contributed by atoms with Gasteiger partial charge >= 0.3 is 0 Å². The van der Waals surface area contributed by atoms with Crippen LogP contribution in [-0.4, -0.2) is 11.8 Å². The first-order valence-corrected chi connectivity index (χ1v) is 6.47. The van der Waals surface area contributed by atoms with Gasteiger partial charge in [0, 0.05) is 17.3 Å². The van der Waals surface area contributed by atoms with Gasteiger partial charge in [0.25, 0.3) is 0 Å². The molecule has 0 bridgehead atoms. The molecule has 0 radical (unpaired) electrons. The lowest BCUT2D eigenvalue weighted by Gasteiger charge is -2.28. The minimum atomic E-state index is -0.160. The number of nitrogens with zero attached hydrogens (tertiary/aromatic N) is 1. The predicted octanol–water partition coefficient (Wildman–Crippen LogP) is 3.39. The molecule has 17 heavy (non-hydrogen) atoms. The van der Waals surface area contributed by atoms with Crippen molar-refractivity contribution < 1.29 is 9.59 Å². The monoisotopic (exact) mass is 315 g/mol. The maximum atomic E-state index is 11.9. The summed E-state index contributed by atoms with van der Waals surface area (Å²) in [6, 6.07) is 5.06. The second kappa shape index (κ2) is 4.78. The maximum Gasteiger partial charge on any atom is 0.234 e. The Balaban J connectivity index is 2.35. The van der Waals surface area contributed by atoms with E-state index in [9.17, 15) is 9.59 Å². The Labute approximate surface area is 113 Å². The molecule has 1 aliphatic heterocycles. The molecule has 0 aromatic heterocycles. The van der Waals surface area contributed by atoms with Crippen LogP contribution in [0.15, 0.2) is 22.7 Å². The maximum absolute atomic E-state index is 11.9. The van der Waals surface area contributed by atoms with Crippen molar-refractivity contribution in [1.29, 1.82) is 0 Å². The Morgan fingerprint density at radius 3 is 2.41 bits per heavy atom. The van der Waals surface area contributed by atoms with Crippen LogP contribution in [0.25, 0.3) is 0 Å². The Kier molecular flexibility index (Phi) is 3.54. The summed E-state index contributed by atoms with van der Waals surface area (Å²) in [6.45, 7) is 1.90. The first-order chi connectivity index (χ1) is 7.99. The van der Waals surface area contributed by atoms with E-state index in [4.69, 9.17) is 11.6 Å². The number of benzene rings is 1. The SMILES string of the molecule is CC1CC(=O)N(c2ccc(Br)c(Cl)c2)C(=O)C1. The summed E-state index contributed by atoms with van der Waals surface area (Å²) < 4.78 is 0.744. The summed E-state index contributed by atoms with van der Waals surface area (Å²) in [6.07, 6.45) is 0.804. The van der Waals surface area contributed by atoms with Crippen LogP contribution in [0.5, 0.6) is 0 Å². The zero-order chi connectivity index (χ0) is 12.6. The second-order valence-corrected chi connectivity index (χ2v) is 5.50. The molecule has 0 spiro atoms. The van der Waals surface area contributed by atoms with Crippen LogP contribution >= 0.6 is 27.5 Å². The smallest absolute Gasteiger partial charge is 0.234 e. The van der Waals surface area contributed by atoms with Gasteiger partial charge in [0.2, 0.25) is 11.8 Å². The Bertz CT molecular complexity index is 471. The fourth-order valence-electron chi connectivity index (χ4n) is 1.90. The highest BCUT2D eigenvalue weighted by atomic mass is 79.9. The van der Waals surface area contributed by atoms with E-state index in [1.807, 2.05) is 6.92 Å². The summed E-state index contributed by atoms with van der Waals surface area (Å²) in [7, 11) is 0. The van der Waals surface area contributed by atoms with Gasteiger partial charge in [0.15, 0.2) is 0 Å². The number of carbonyl (C=O) groups is 2. The molecule has 90 valence electrons. The Hall–Kier alpha value is -0.870. The van der Waals surface area contributed by atoms with Gasteiger partial charge in [-0.3, -0.25) is 14.5 Å². The lowest BCUT2D eigenvalue weighted by atomic mass is 9.97. The van der Waals surface area contributed by atoms with Gasteiger partial charge in [-0.1, -0.05) is 18.5 Å². The van der Waals surface area contributed by atoms with Crippen molar-refractivity contribution in [3.05, 3.63) is 27.7 Å². The third kappa shape index (κ3) is 2.53. The number of imide groups is 1. The van der Waals surface area contributed by atoms with Crippen LogP contribution in [0, 0.1) is 5.92 Å². The summed E-state index contributed by atoms with van der Waals surface area (Å²) in [5, 5.41) is 0.488. The van der Waals surface area contributed by atoms with Gasteiger partial charge < -0.3 is 0 Å². The topological polar surface area (TPSA) is 37.4 Å². The summed E-state index contributed by atoms with van der Waals surface area (Å²) in [5.41, 5.74) is 0.542. The highest BCUT2D eigenvalue weighted by Crippen LogP contribution is 2.30. The van der Waals surface area contributed by atoms with Gasteiger partial charge in [-0.05, 0) is 40.0 Å². The molecule has 1 aromatic rings. The van der Waals surface area contributed by atoms with Crippen molar-refractivity contribution in [2.24, 2.45) is 5.92 Å². The van der Waals surface area contributed by atoms with E-state index in [0.717, 1.165) is 4.47 Å². The molecule has 0 aliphatic carbocycles. The fourth-order valence-corrected chi connectivity index (χ4v) is 2.32. The highest BCUT2D eigenvalue weighted by Gasteiger charge is 2.31. The number of carbonyl (C=O) groups excluding carboxylic acids is 2. The number of piperidine rings is 1. The minimum Gasteiger partial charge on any atom is -0.274 e. The lowest BCUT2D eigenvalue weighted by Crippen LogP contribution is -2.42. The van der Waals surface area contributed by atoms with E-state index in [2.05, 4.69) is 15.9 Å². The summed E-state index contributed by atoms with van der Waals surface area (Å²) in [4.78, 5) is 24.9. The molecule has 2 amide bonds. The number of anilines is 1. The molecule has 1 fully saturated rings. The molecule has 0 unspecified atom stereocenters. The number of hydrogen-bond acceptors (Lipinski definition) is 2. The molecule has 1 aliphatic rings.